The van der Waals surface area contributed by atoms with Crippen LogP contribution in [0, 0.1) is 6.92 Å². The van der Waals surface area contributed by atoms with Crippen molar-refractivity contribution in [3.63, 3.8) is 0 Å². The molecule has 1 aromatic heterocycles. The molecule has 0 bridgehead atoms. The minimum Gasteiger partial charge on any atom is -0.478 e. The monoisotopic (exact) mass is 490 g/mol. The minimum atomic E-state index is -1.36. The zero-order valence-electron chi connectivity index (χ0n) is 21.4. The second-order valence-corrected chi connectivity index (χ2v) is 9.77. The van der Waals surface area contributed by atoms with Gasteiger partial charge in [-0.15, -0.1) is 0 Å². The summed E-state index contributed by atoms with van der Waals surface area (Å²) < 4.78 is 7.43. The maximum Gasteiger partial charge on any atom is 0.347 e. The highest BCUT2D eigenvalue weighted by Crippen LogP contribution is 2.27. The average molecular weight is 491 g/mol. The van der Waals surface area contributed by atoms with Crippen molar-refractivity contribution >= 4 is 17.6 Å². The van der Waals surface area contributed by atoms with E-state index in [2.05, 4.69) is 39.6 Å². The molecular weight excluding hydrogens is 456 g/mol. The van der Waals surface area contributed by atoms with Gasteiger partial charge in [-0.1, -0.05) is 24.3 Å². The van der Waals surface area contributed by atoms with Crippen molar-refractivity contribution < 1.29 is 19.4 Å². The molecule has 1 amide bonds. The van der Waals surface area contributed by atoms with Gasteiger partial charge in [-0.2, -0.15) is 5.10 Å². The Morgan fingerprint density at radius 2 is 1.78 bits per heavy atom. The van der Waals surface area contributed by atoms with Gasteiger partial charge in [0.15, 0.2) is 11.3 Å². The highest BCUT2D eigenvalue weighted by molar-refractivity contribution is 5.93. The van der Waals surface area contributed by atoms with E-state index in [9.17, 15) is 14.7 Å². The number of aromatic nitrogens is 2. The topological polar surface area (TPSA) is 96.7 Å². The number of nitrogens with zero attached hydrogens (tertiary/aromatic N) is 3. The highest BCUT2D eigenvalue weighted by Gasteiger charge is 2.30. The molecule has 0 aliphatic carbocycles. The molecule has 3 aromatic rings. The number of carbonyl (C=O) groups is 2. The lowest BCUT2D eigenvalue weighted by molar-refractivity contribution is -0.152. The van der Waals surface area contributed by atoms with Gasteiger partial charge < -0.3 is 20.1 Å². The van der Waals surface area contributed by atoms with E-state index in [-0.39, 0.29) is 12.5 Å². The number of amides is 1. The van der Waals surface area contributed by atoms with Crippen LogP contribution in [-0.4, -0.2) is 45.5 Å². The fourth-order valence-electron chi connectivity index (χ4n) is 4.39. The number of benzene rings is 2. The molecule has 0 saturated carbocycles. The first-order valence-electron chi connectivity index (χ1n) is 12.3. The van der Waals surface area contributed by atoms with Crippen molar-refractivity contribution in [1.29, 1.82) is 0 Å². The largest absolute Gasteiger partial charge is 0.478 e. The van der Waals surface area contributed by atoms with Crippen LogP contribution in [0.15, 0.2) is 48.5 Å². The van der Waals surface area contributed by atoms with Crippen LogP contribution < -0.4 is 15.0 Å². The van der Waals surface area contributed by atoms with E-state index < -0.39 is 11.6 Å². The Kier molecular flexibility index (Phi) is 7.33. The molecule has 1 aliphatic heterocycles. The number of carboxylic acids is 1. The molecule has 0 radical (unpaired) electrons. The Morgan fingerprint density at radius 3 is 2.44 bits per heavy atom. The smallest absolute Gasteiger partial charge is 0.347 e. The van der Waals surface area contributed by atoms with Crippen molar-refractivity contribution in [2.45, 2.75) is 52.2 Å². The first kappa shape index (κ1) is 25.3. The maximum absolute atomic E-state index is 12.9. The summed E-state index contributed by atoms with van der Waals surface area (Å²) in [7, 11) is 1.83. The van der Waals surface area contributed by atoms with Gasteiger partial charge in [0, 0.05) is 32.4 Å². The maximum atomic E-state index is 12.9. The summed E-state index contributed by atoms with van der Waals surface area (Å²) in [6.07, 6.45) is 3.77. The zero-order chi connectivity index (χ0) is 25.9. The normalized spacial score (nSPS) is 13.9. The van der Waals surface area contributed by atoms with Crippen LogP contribution in [0.3, 0.4) is 0 Å². The molecule has 2 N–H and O–H groups in total. The van der Waals surface area contributed by atoms with Gasteiger partial charge in [-0.3, -0.25) is 9.48 Å². The number of rotatable bonds is 8. The summed E-state index contributed by atoms with van der Waals surface area (Å²) in [5.74, 6) is -0.853. The molecule has 2 heterocycles. The number of aliphatic carboxylic acids is 1. The van der Waals surface area contributed by atoms with E-state index >= 15 is 0 Å². The van der Waals surface area contributed by atoms with Gasteiger partial charge in [0.25, 0.3) is 5.91 Å². The predicted molar refractivity (Wildman–Crippen MR) is 139 cm³/mol. The Morgan fingerprint density at radius 1 is 1.08 bits per heavy atom. The van der Waals surface area contributed by atoms with Crippen LogP contribution in [0.2, 0.25) is 0 Å². The van der Waals surface area contributed by atoms with Gasteiger partial charge >= 0.3 is 5.97 Å². The second kappa shape index (κ2) is 10.4. The van der Waals surface area contributed by atoms with Crippen molar-refractivity contribution in [3.05, 3.63) is 65.4 Å². The molecule has 2 aromatic carbocycles. The molecule has 8 heteroatoms. The second-order valence-electron chi connectivity index (χ2n) is 9.77. The Bertz CT molecular complexity index is 1240. The number of hydrogen-bond acceptors (Lipinski definition) is 5. The van der Waals surface area contributed by atoms with Crippen molar-refractivity contribution in [1.82, 2.24) is 15.1 Å². The molecule has 4 rings (SSSR count). The van der Waals surface area contributed by atoms with E-state index in [0.29, 0.717) is 11.4 Å². The molecule has 1 saturated heterocycles. The zero-order valence-corrected chi connectivity index (χ0v) is 21.4. The Hall–Kier alpha value is -3.81. The van der Waals surface area contributed by atoms with E-state index in [4.69, 9.17) is 4.74 Å². The van der Waals surface area contributed by atoms with E-state index in [1.807, 2.05) is 20.0 Å². The van der Waals surface area contributed by atoms with Gasteiger partial charge in [-0.25, -0.2) is 4.79 Å². The average Bonchev–Trinajstić information content (AvgIpc) is 3.26. The third-order valence-corrected chi connectivity index (χ3v) is 6.71. The summed E-state index contributed by atoms with van der Waals surface area (Å²) in [5, 5.41) is 16.7. The number of piperidine rings is 1. The molecule has 0 unspecified atom stereocenters. The summed E-state index contributed by atoms with van der Waals surface area (Å²) in [4.78, 5) is 26.7. The number of ether oxygens (including phenoxy) is 1. The summed E-state index contributed by atoms with van der Waals surface area (Å²) >= 11 is 0. The quantitative estimate of drug-likeness (QED) is 0.481. The Labute approximate surface area is 211 Å². The van der Waals surface area contributed by atoms with E-state index in [1.165, 1.54) is 38.8 Å². The predicted octanol–water partition coefficient (Wildman–Crippen LogP) is 4.56. The number of nitrogens with one attached hydrogen (secondary N) is 1. The lowest BCUT2D eigenvalue weighted by Crippen LogP contribution is -2.38. The van der Waals surface area contributed by atoms with E-state index in [1.54, 1.807) is 22.9 Å². The van der Waals surface area contributed by atoms with Crippen LogP contribution in [-0.2, 0) is 18.4 Å². The minimum absolute atomic E-state index is 0.270. The van der Waals surface area contributed by atoms with E-state index in [0.717, 1.165) is 35.5 Å². The third-order valence-electron chi connectivity index (χ3n) is 6.71. The number of carbonyl (C=O) groups excluding carboxylic acids is 1. The first-order valence-corrected chi connectivity index (χ1v) is 12.3. The molecule has 0 spiro atoms. The fraction of sp³-hybridized carbons (Fsp3) is 0.393. The van der Waals surface area contributed by atoms with Gasteiger partial charge in [0.05, 0.1) is 5.69 Å². The number of aryl methyl sites for hydroxylation is 1. The number of hydrogen-bond donors (Lipinski definition) is 2. The molecule has 190 valence electrons. The fourth-order valence-corrected chi connectivity index (χ4v) is 4.39. The van der Waals surface area contributed by atoms with Gasteiger partial charge in [-0.05, 0) is 81.0 Å². The standard InChI is InChI=1S/C28H34N4O4/c1-19-21(9-8-10-25(19)36-28(2,3)27(34)35)18-29-26(33)23-17-24(31(4)30-23)20-11-13-22(14-12-20)32-15-6-5-7-16-32/h8-14,17H,5-7,15-16,18H2,1-4H3,(H,29,33)(H,34,35). The summed E-state index contributed by atoms with van der Waals surface area (Å²) in [6.45, 7) is 7.32. The number of carboxylic acid groups (broad SMARTS) is 1. The molecule has 8 nitrogen and oxygen atoms in total. The number of anilines is 1. The summed E-state index contributed by atoms with van der Waals surface area (Å²) in [5.41, 5.74) is 3.70. The van der Waals surface area contributed by atoms with Crippen LogP contribution in [0.4, 0.5) is 5.69 Å². The first-order chi connectivity index (χ1) is 17.2. The lowest BCUT2D eigenvalue weighted by Gasteiger charge is -2.28. The van der Waals surface area contributed by atoms with Gasteiger partial charge in [0.2, 0.25) is 0 Å². The lowest BCUT2D eigenvalue weighted by atomic mass is 10.1. The van der Waals surface area contributed by atoms with Crippen molar-refractivity contribution in [3.8, 4) is 17.0 Å². The van der Waals surface area contributed by atoms with Gasteiger partial charge in [0.1, 0.15) is 5.75 Å². The molecule has 1 fully saturated rings. The molecular formula is C28H34N4O4. The molecule has 0 atom stereocenters. The summed E-state index contributed by atoms with van der Waals surface area (Å²) in [6, 6.07) is 15.6. The SMILES string of the molecule is Cc1c(CNC(=O)c2cc(-c3ccc(N4CCCCC4)cc3)n(C)n2)cccc1OC(C)(C)C(=O)O. The van der Waals surface area contributed by atoms with Crippen LogP contribution in [0.1, 0.15) is 54.7 Å². The van der Waals surface area contributed by atoms with Crippen molar-refractivity contribution in [2.75, 3.05) is 18.0 Å². The Balaban J connectivity index is 1.43. The van der Waals surface area contributed by atoms with Crippen LogP contribution in [0.25, 0.3) is 11.3 Å². The third kappa shape index (κ3) is 5.53. The molecule has 1 aliphatic rings. The molecule has 36 heavy (non-hydrogen) atoms. The van der Waals surface area contributed by atoms with Crippen molar-refractivity contribution in [2.24, 2.45) is 7.05 Å². The van der Waals surface area contributed by atoms with Crippen LogP contribution >= 0.6 is 0 Å². The van der Waals surface area contributed by atoms with Crippen LogP contribution in [0.5, 0.6) is 5.75 Å². The highest BCUT2D eigenvalue weighted by atomic mass is 16.5.